The Kier molecular flexibility index (Phi) is 4.81. The van der Waals surface area contributed by atoms with Gasteiger partial charge in [-0.15, -0.1) is 10.2 Å². The van der Waals surface area contributed by atoms with Crippen LogP contribution in [0.15, 0.2) is 36.5 Å². The third kappa shape index (κ3) is 3.82. The minimum absolute atomic E-state index is 0.419. The van der Waals surface area contributed by atoms with Crippen LogP contribution in [0, 0.1) is 0 Å². The van der Waals surface area contributed by atoms with Gasteiger partial charge in [0.15, 0.2) is 0 Å². The fraction of sp³-hybridized carbons (Fsp3) is 0.154. The highest BCUT2D eigenvalue weighted by Gasteiger charge is 2.28. The Hall–Kier alpha value is -1.36. The third-order valence-corrected chi connectivity index (χ3v) is 3.12. The van der Waals surface area contributed by atoms with Crippen molar-refractivity contribution in [3.05, 3.63) is 47.8 Å². The molecule has 4 nitrogen and oxygen atoms in total. The number of ether oxygens (including phenoxy) is 1. The van der Waals surface area contributed by atoms with E-state index < -0.39 is 3.79 Å². The van der Waals surface area contributed by atoms with Crippen molar-refractivity contribution >= 4 is 46.5 Å². The molecular formula is C13H10Cl3N3O. The van der Waals surface area contributed by atoms with Crippen molar-refractivity contribution in [2.45, 2.75) is 3.79 Å². The van der Waals surface area contributed by atoms with E-state index in [9.17, 15) is 0 Å². The fourth-order valence-corrected chi connectivity index (χ4v) is 2.01. The molecule has 2 aromatic rings. The quantitative estimate of drug-likeness (QED) is 0.803. The molecule has 7 heteroatoms. The molecule has 0 saturated heterocycles. The molecule has 0 N–H and O–H groups in total. The van der Waals surface area contributed by atoms with Gasteiger partial charge in [-0.3, -0.25) is 0 Å². The van der Waals surface area contributed by atoms with Gasteiger partial charge in [0.1, 0.15) is 5.75 Å². The monoisotopic (exact) mass is 329 g/mol. The van der Waals surface area contributed by atoms with Gasteiger partial charge < -0.3 is 4.74 Å². The fourth-order valence-electron chi connectivity index (χ4n) is 1.55. The maximum absolute atomic E-state index is 5.99. The van der Waals surface area contributed by atoms with Crippen molar-refractivity contribution in [2.75, 3.05) is 7.11 Å². The molecule has 0 radical (unpaired) electrons. The lowest BCUT2D eigenvalue weighted by Gasteiger charge is -2.15. The summed E-state index contributed by atoms with van der Waals surface area (Å²) >= 11 is 18.0. The molecule has 0 atom stereocenters. The Balaban J connectivity index is 2.43. The van der Waals surface area contributed by atoms with E-state index in [0.29, 0.717) is 11.3 Å². The summed E-state index contributed by atoms with van der Waals surface area (Å²) in [5.74, 6) is 0.751. The van der Waals surface area contributed by atoms with Crippen LogP contribution in [0.1, 0.15) is 11.3 Å². The summed E-state index contributed by atoms with van der Waals surface area (Å²) in [6.07, 6.45) is 3.22. The van der Waals surface area contributed by atoms with Crippen LogP contribution in [-0.4, -0.2) is 26.3 Å². The first kappa shape index (κ1) is 15.0. The van der Waals surface area contributed by atoms with Crippen LogP contribution in [-0.2, 0) is 0 Å². The van der Waals surface area contributed by atoms with Crippen molar-refractivity contribution in [3.63, 3.8) is 0 Å². The van der Waals surface area contributed by atoms with Gasteiger partial charge in [0, 0.05) is 5.57 Å². The maximum Gasteiger partial charge on any atom is 0.218 e. The summed E-state index contributed by atoms with van der Waals surface area (Å²) in [6, 6.07) is 8.97. The van der Waals surface area contributed by atoms with Crippen molar-refractivity contribution < 1.29 is 4.74 Å². The highest BCUT2D eigenvalue weighted by molar-refractivity contribution is 6.73. The number of aromatic nitrogens is 3. The molecule has 0 amide bonds. The minimum atomic E-state index is -1.62. The third-order valence-electron chi connectivity index (χ3n) is 2.51. The molecular weight excluding hydrogens is 321 g/mol. The molecule has 1 heterocycles. The minimum Gasteiger partial charge on any atom is -0.497 e. The molecule has 104 valence electrons. The number of allylic oxidation sites excluding steroid dienone is 1. The lowest BCUT2D eigenvalue weighted by atomic mass is 10.1. The first-order valence-electron chi connectivity index (χ1n) is 5.58. The predicted molar refractivity (Wildman–Crippen MR) is 81.0 cm³/mol. The van der Waals surface area contributed by atoms with Crippen LogP contribution >= 0.6 is 34.8 Å². The van der Waals surface area contributed by atoms with Gasteiger partial charge in [-0.25, -0.2) is 0 Å². The number of rotatable bonds is 3. The average Bonchev–Trinajstić information content (AvgIpc) is 2.45. The van der Waals surface area contributed by atoms with E-state index in [4.69, 9.17) is 39.5 Å². The second kappa shape index (κ2) is 6.39. The molecule has 20 heavy (non-hydrogen) atoms. The Morgan fingerprint density at radius 2 is 1.85 bits per heavy atom. The second-order valence-corrected chi connectivity index (χ2v) is 6.12. The maximum atomic E-state index is 5.99. The molecule has 0 aliphatic carbocycles. The zero-order valence-electron chi connectivity index (χ0n) is 10.4. The summed E-state index contributed by atoms with van der Waals surface area (Å²) in [4.78, 5) is 0. The zero-order valence-corrected chi connectivity index (χ0v) is 12.7. The van der Waals surface area contributed by atoms with E-state index in [1.54, 1.807) is 19.3 Å². The lowest BCUT2D eigenvalue weighted by molar-refractivity contribution is 0.415. The Labute approximate surface area is 131 Å². The number of hydrogen-bond donors (Lipinski definition) is 0. The highest BCUT2D eigenvalue weighted by Crippen LogP contribution is 2.41. The first-order valence-corrected chi connectivity index (χ1v) is 6.72. The number of alkyl halides is 3. The Morgan fingerprint density at radius 1 is 1.15 bits per heavy atom. The van der Waals surface area contributed by atoms with Crippen molar-refractivity contribution in [3.8, 4) is 5.75 Å². The van der Waals surface area contributed by atoms with E-state index in [-0.39, 0.29) is 0 Å². The number of halogens is 3. The van der Waals surface area contributed by atoms with Crippen LogP contribution in [0.2, 0.25) is 0 Å². The summed E-state index contributed by atoms with van der Waals surface area (Å²) < 4.78 is 3.48. The van der Waals surface area contributed by atoms with E-state index in [0.717, 1.165) is 11.3 Å². The number of benzene rings is 1. The summed E-state index contributed by atoms with van der Waals surface area (Å²) in [7, 11) is 1.60. The predicted octanol–water partition coefficient (Wildman–Crippen LogP) is 3.79. The van der Waals surface area contributed by atoms with Gasteiger partial charge in [0.25, 0.3) is 0 Å². The molecule has 2 rings (SSSR count). The standard InChI is InChI=1S/C13H10Cl3N3O/c1-20-10-4-2-9(3-5-10)8-11(13(14,15)16)12-6-7-17-19-18-12/h2-8H,1H3. The molecule has 0 aliphatic heterocycles. The van der Waals surface area contributed by atoms with Gasteiger partial charge >= 0.3 is 0 Å². The number of nitrogens with zero attached hydrogens (tertiary/aromatic N) is 3. The second-order valence-electron chi connectivity index (χ2n) is 3.83. The molecule has 0 fully saturated rings. The van der Waals surface area contributed by atoms with Crippen molar-refractivity contribution in [1.29, 1.82) is 0 Å². The SMILES string of the molecule is COc1ccc(C=C(c2ccnnn2)C(Cl)(Cl)Cl)cc1. The normalized spacial score (nSPS) is 12.3. The summed E-state index contributed by atoms with van der Waals surface area (Å²) in [6.45, 7) is 0. The smallest absolute Gasteiger partial charge is 0.218 e. The highest BCUT2D eigenvalue weighted by atomic mass is 35.6. The van der Waals surface area contributed by atoms with Crippen LogP contribution in [0.5, 0.6) is 5.75 Å². The van der Waals surface area contributed by atoms with Crippen LogP contribution in [0.4, 0.5) is 0 Å². The average molecular weight is 331 g/mol. The molecule has 0 spiro atoms. The topological polar surface area (TPSA) is 47.9 Å². The number of methoxy groups -OCH3 is 1. The molecule has 0 bridgehead atoms. The zero-order chi connectivity index (χ0) is 14.6. The number of hydrogen-bond acceptors (Lipinski definition) is 4. The molecule has 0 unspecified atom stereocenters. The molecule has 1 aromatic heterocycles. The van der Waals surface area contributed by atoms with E-state index >= 15 is 0 Å². The van der Waals surface area contributed by atoms with Gasteiger partial charge in [-0.05, 0) is 35.1 Å². The first-order chi connectivity index (χ1) is 9.50. The van der Waals surface area contributed by atoms with Gasteiger partial charge in [-0.1, -0.05) is 46.9 Å². The van der Waals surface area contributed by atoms with Gasteiger partial charge in [-0.2, -0.15) is 0 Å². The Bertz CT molecular complexity index is 595. The van der Waals surface area contributed by atoms with E-state index in [2.05, 4.69) is 15.4 Å². The van der Waals surface area contributed by atoms with Gasteiger partial charge in [0.05, 0.1) is 19.0 Å². The van der Waals surface area contributed by atoms with Crippen molar-refractivity contribution in [2.24, 2.45) is 0 Å². The van der Waals surface area contributed by atoms with E-state index in [1.165, 1.54) is 6.20 Å². The summed E-state index contributed by atoms with van der Waals surface area (Å²) in [5.41, 5.74) is 1.73. The van der Waals surface area contributed by atoms with Crippen LogP contribution in [0.25, 0.3) is 11.6 Å². The van der Waals surface area contributed by atoms with E-state index in [1.807, 2.05) is 24.3 Å². The van der Waals surface area contributed by atoms with Crippen LogP contribution in [0.3, 0.4) is 0 Å². The molecule has 0 aliphatic rings. The van der Waals surface area contributed by atoms with Crippen LogP contribution < -0.4 is 4.74 Å². The lowest BCUT2D eigenvalue weighted by Crippen LogP contribution is -2.08. The summed E-state index contributed by atoms with van der Waals surface area (Å²) in [5, 5.41) is 11.0. The largest absolute Gasteiger partial charge is 0.497 e. The Morgan fingerprint density at radius 3 is 2.35 bits per heavy atom. The van der Waals surface area contributed by atoms with Gasteiger partial charge in [0.2, 0.25) is 3.79 Å². The van der Waals surface area contributed by atoms with Crippen molar-refractivity contribution in [1.82, 2.24) is 15.4 Å². The molecule has 0 saturated carbocycles. The molecule has 1 aromatic carbocycles.